The molecule has 0 unspecified atom stereocenters. The molecule has 1 heterocycles. The third kappa shape index (κ3) is 2.65. The van der Waals surface area contributed by atoms with Crippen molar-refractivity contribution in [2.45, 2.75) is 57.9 Å². The molecule has 1 aliphatic heterocycles. The molecule has 4 nitrogen and oxygen atoms in total. The molecule has 4 saturated carbocycles. The summed E-state index contributed by atoms with van der Waals surface area (Å²) in [6.45, 7) is 2.64. The molecular weight excluding hydrogens is 324 g/mol. The van der Waals surface area contributed by atoms with Gasteiger partial charge < -0.3 is 10.2 Å². The third-order valence-electron chi connectivity index (χ3n) is 7.33. The van der Waals surface area contributed by atoms with Gasteiger partial charge in [0.15, 0.2) is 0 Å². The van der Waals surface area contributed by atoms with E-state index >= 15 is 0 Å². The van der Waals surface area contributed by atoms with Crippen LogP contribution in [0.25, 0.3) is 0 Å². The van der Waals surface area contributed by atoms with Gasteiger partial charge in [0.1, 0.15) is 0 Å². The summed E-state index contributed by atoms with van der Waals surface area (Å²) < 4.78 is 0. The van der Waals surface area contributed by atoms with Crippen LogP contribution in [0.15, 0.2) is 24.3 Å². The Balaban J connectivity index is 1.28. The second-order valence-corrected chi connectivity index (χ2v) is 9.41. The SMILES string of the molecule is Cc1ccc(N2C[C@H](NC(=O)C34CC5CC(CC(C5)C3)C4)CC2=O)cc1. The van der Waals surface area contributed by atoms with Gasteiger partial charge in [0.05, 0.1) is 6.04 Å². The number of carbonyl (C=O) groups is 2. The first-order valence-electron chi connectivity index (χ1n) is 10.2. The number of amides is 2. The number of hydrogen-bond donors (Lipinski definition) is 1. The van der Waals surface area contributed by atoms with Gasteiger partial charge in [0.2, 0.25) is 11.8 Å². The summed E-state index contributed by atoms with van der Waals surface area (Å²) in [6.07, 6.45) is 7.68. The van der Waals surface area contributed by atoms with Gasteiger partial charge in [0, 0.05) is 24.1 Å². The molecule has 4 aliphatic carbocycles. The van der Waals surface area contributed by atoms with Gasteiger partial charge in [-0.25, -0.2) is 0 Å². The monoisotopic (exact) mass is 352 g/mol. The van der Waals surface area contributed by atoms with E-state index in [-0.39, 0.29) is 23.3 Å². The molecule has 0 radical (unpaired) electrons. The van der Waals surface area contributed by atoms with E-state index in [0.717, 1.165) is 42.7 Å². The van der Waals surface area contributed by atoms with Crippen molar-refractivity contribution in [1.29, 1.82) is 0 Å². The number of anilines is 1. The quantitative estimate of drug-likeness (QED) is 0.906. The molecule has 1 saturated heterocycles. The minimum atomic E-state index is -0.130. The predicted molar refractivity (Wildman–Crippen MR) is 101 cm³/mol. The fraction of sp³-hybridized carbons (Fsp3) is 0.636. The van der Waals surface area contributed by atoms with Crippen molar-refractivity contribution < 1.29 is 9.59 Å². The van der Waals surface area contributed by atoms with Gasteiger partial charge in [-0.2, -0.15) is 0 Å². The van der Waals surface area contributed by atoms with E-state index in [4.69, 9.17) is 0 Å². The molecule has 2 amide bonds. The molecule has 26 heavy (non-hydrogen) atoms. The third-order valence-corrected chi connectivity index (χ3v) is 7.33. The zero-order valence-electron chi connectivity index (χ0n) is 15.5. The number of nitrogens with zero attached hydrogens (tertiary/aromatic N) is 1. The summed E-state index contributed by atoms with van der Waals surface area (Å²) in [6, 6.07) is 8.00. The van der Waals surface area contributed by atoms with E-state index in [0.29, 0.717) is 13.0 Å². The van der Waals surface area contributed by atoms with E-state index < -0.39 is 0 Å². The van der Waals surface area contributed by atoms with E-state index in [1.165, 1.54) is 24.8 Å². The first kappa shape index (κ1) is 16.3. The van der Waals surface area contributed by atoms with Gasteiger partial charge in [-0.1, -0.05) is 17.7 Å². The highest BCUT2D eigenvalue weighted by Gasteiger charge is 2.55. The lowest BCUT2D eigenvalue weighted by Gasteiger charge is -2.55. The van der Waals surface area contributed by atoms with Crippen LogP contribution in [-0.4, -0.2) is 24.4 Å². The Bertz CT molecular complexity index is 704. The van der Waals surface area contributed by atoms with Crippen LogP contribution in [0.1, 0.15) is 50.5 Å². The molecular formula is C22H28N2O2. The zero-order chi connectivity index (χ0) is 17.9. The van der Waals surface area contributed by atoms with E-state index in [9.17, 15) is 9.59 Å². The van der Waals surface area contributed by atoms with Crippen molar-refractivity contribution in [2.24, 2.45) is 23.2 Å². The van der Waals surface area contributed by atoms with Crippen LogP contribution < -0.4 is 10.2 Å². The molecule has 5 fully saturated rings. The van der Waals surface area contributed by atoms with Crippen molar-refractivity contribution >= 4 is 17.5 Å². The zero-order valence-corrected chi connectivity index (χ0v) is 15.5. The van der Waals surface area contributed by atoms with Crippen molar-refractivity contribution in [3.63, 3.8) is 0 Å². The molecule has 0 aromatic heterocycles. The summed E-state index contributed by atoms with van der Waals surface area (Å²) in [7, 11) is 0. The van der Waals surface area contributed by atoms with E-state index in [1.807, 2.05) is 36.1 Å². The Hall–Kier alpha value is -1.84. The standard InChI is InChI=1S/C22H28N2O2/c1-14-2-4-19(5-3-14)24-13-18(9-20(24)25)23-21(26)22-10-15-6-16(11-22)8-17(7-15)12-22/h2-5,15-18H,6-13H2,1H3,(H,23,26)/t15?,16?,17?,18-,22?/m1/s1. The molecule has 6 rings (SSSR count). The van der Waals surface area contributed by atoms with Crippen LogP contribution in [0.3, 0.4) is 0 Å². The van der Waals surface area contributed by atoms with Crippen molar-refractivity contribution in [3.05, 3.63) is 29.8 Å². The highest BCUT2D eigenvalue weighted by atomic mass is 16.2. The number of nitrogens with one attached hydrogen (secondary N) is 1. The first-order valence-corrected chi connectivity index (χ1v) is 10.2. The van der Waals surface area contributed by atoms with Crippen molar-refractivity contribution in [3.8, 4) is 0 Å². The van der Waals surface area contributed by atoms with Gasteiger partial charge in [-0.3, -0.25) is 9.59 Å². The lowest BCUT2D eigenvalue weighted by atomic mass is 9.49. The summed E-state index contributed by atoms with van der Waals surface area (Å²) in [5.41, 5.74) is 1.99. The average molecular weight is 352 g/mol. The smallest absolute Gasteiger partial charge is 0.229 e. The number of carbonyl (C=O) groups excluding carboxylic acids is 2. The van der Waals surface area contributed by atoms with Gasteiger partial charge >= 0.3 is 0 Å². The molecule has 1 N–H and O–H groups in total. The average Bonchev–Trinajstić information content (AvgIpc) is 2.94. The number of hydrogen-bond acceptors (Lipinski definition) is 2. The van der Waals surface area contributed by atoms with E-state index in [2.05, 4.69) is 5.32 Å². The number of benzene rings is 1. The van der Waals surface area contributed by atoms with Gasteiger partial charge in [-0.15, -0.1) is 0 Å². The minimum Gasteiger partial charge on any atom is -0.351 e. The Kier molecular flexibility index (Phi) is 3.67. The Labute approximate surface area is 155 Å². The Morgan fingerprint density at radius 2 is 1.62 bits per heavy atom. The van der Waals surface area contributed by atoms with E-state index in [1.54, 1.807) is 0 Å². The summed E-state index contributed by atoms with van der Waals surface area (Å²) in [4.78, 5) is 27.5. The second-order valence-electron chi connectivity index (χ2n) is 9.41. The largest absolute Gasteiger partial charge is 0.351 e. The highest BCUT2D eigenvalue weighted by molar-refractivity contribution is 5.97. The van der Waals surface area contributed by atoms with Gasteiger partial charge in [0.25, 0.3) is 0 Å². The van der Waals surface area contributed by atoms with Crippen LogP contribution in [0.4, 0.5) is 5.69 Å². The first-order chi connectivity index (χ1) is 12.5. The molecule has 1 aromatic rings. The Morgan fingerprint density at radius 3 is 2.19 bits per heavy atom. The molecule has 4 bridgehead atoms. The maximum atomic E-state index is 13.2. The fourth-order valence-electron chi connectivity index (χ4n) is 6.51. The van der Waals surface area contributed by atoms with Gasteiger partial charge in [-0.05, 0) is 75.3 Å². The number of aryl methyl sites for hydroxylation is 1. The topological polar surface area (TPSA) is 49.4 Å². The normalized spacial score (nSPS) is 38.0. The van der Waals surface area contributed by atoms with Crippen LogP contribution in [0.2, 0.25) is 0 Å². The summed E-state index contributed by atoms with van der Waals surface area (Å²) in [5, 5.41) is 3.28. The lowest BCUT2D eigenvalue weighted by Crippen LogP contribution is -2.55. The number of rotatable bonds is 3. The van der Waals surface area contributed by atoms with Crippen LogP contribution in [0.5, 0.6) is 0 Å². The van der Waals surface area contributed by atoms with Crippen LogP contribution in [-0.2, 0) is 9.59 Å². The maximum absolute atomic E-state index is 13.2. The molecule has 1 aromatic carbocycles. The summed E-state index contributed by atoms with van der Waals surface area (Å²) in [5.74, 6) is 2.65. The van der Waals surface area contributed by atoms with Crippen LogP contribution >= 0.6 is 0 Å². The predicted octanol–water partition coefficient (Wildman–Crippen LogP) is 3.43. The van der Waals surface area contributed by atoms with Crippen LogP contribution in [0, 0.1) is 30.1 Å². The lowest BCUT2D eigenvalue weighted by molar-refractivity contribution is -0.146. The Morgan fingerprint density at radius 1 is 1.04 bits per heavy atom. The summed E-state index contributed by atoms with van der Waals surface area (Å²) >= 11 is 0. The fourth-order valence-corrected chi connectivity index (χ4v) is 6.51. The molecule has 0 spiro atoms. The molecule has 1 atom stereocenters. The van der Waals surface area contributed by atoms with Crippen molar-refractivity contribution in [2.75, 3.05) is 11.4 Å². The molecule has 4 heteroatoms. The second kappa shape index (κ2) is 5.83. The van der Waals surface area contributed by atoms with Crippen molar-refractivity contribution in [1.82, 2.24) is 5.32 Å². The molecule has 138 valence electrons. The minimum absolute atomic E-state index is 0.0516. The highest BCUT2D eigenvalue weighted by Crippen LogP contribution is 2.60. The molecule has 5 aliphatic rings. The maximum Gasteiger partial charge on any atom is 0.229 e.